The second-order valence-electron chi connectivity index (χ2n) is 6.39. The van der Waals surface area contributed by atoms with Crippen LogP contribution in [0.15, 0.2) is 48.5 Å². The Kier molecular flexibility index (Phi) is 3.62. The predicted molar refractivity (Wildman–Crippen MR) is 86.2 cm³/mol. The molecule has 2 N–H and O–H groups in total. The average Bonchev–Trinajstić information content (AvgIpc) is 2.79. The van der Waals surface area contributed by atoms with Crippen molar-refractivity contribution in [1.82, 2.24) is 5.48 Å². The van der Waals surface area contributed by atoms with Crippen molar-refractivity contribution >= 4 is 11.6 Å². The molecule has 0 unspecified atom stereocenters. The van der Waals surface area contributed by atoms with Crippen LogP contribution in [-0.2, 0) is 12.0 Å². The number of anilines is 1. The highest BCUT2D eigenvalue weighted by Gasteiger charge is 2.34. The van der Waals surface area contributed by atoms with E-state index in [-0.39, 0.29) is 5.41 Å². The summed E-state index contributed by atoms with van der Waals surface area (Å²) in [6.07, 6.45) is 0. The van der Waals surface area contributed by atoms with E-state index in [2.05, 4.69) is 43.0 Å². The van der Waals surface area contributed by atoms with Gasteiger partial charge in [-0.15, -0.1) is 0 Å². The molecular formula is C18H20N2O2. The largest absolute Gasteiger partial charge is 0.366 e. The van der Waals surface area contributed by atoms with Gasteiger partial charge in [0.15, 0.2) is 0 Å². The quantitative estimate of drug-likeness (QED) is 0.676. The van der Waals surface area contributed by atoms with Crippen LogP contribution >= 0.6 is 0 Å². The van der Waals surface area contributed by atoms with E-state index in [0.717, 1.165) is 18.7 Å². The molecule has 0 aromatic heterocycles. The molecule has 1 amide bonds. The summed E-state index contributed by atoms with van der Waals surface area (Å²) in [7, 11) is 0. The normalized spacial score (nSPS) is 15.5. The maximum atomic E-state index is 11.3. The van der Waals surface area contributed by atoms with E-state index in [4.69, 9.17) is 5.21 Å². The van der Waals surface area contributed by atoms with Gasteiger partial charge in [-0.2, -0.15) is 0 Å². The topological polar surface area (TPSA) is 52.6 Å². The molecule has 0 bridgehead atoms. The van der Waals surface area contributed by atoms with Crippen molar-refractivity contribution in [2.24, 2.45) is 0 Å². The molecule has 0 saturated carbocycles. The summed E-state index contributed by atoms with van der Waals surface area (Å²) in [6, 6.07) is 15.8. The third-order valence-corrected chi connectivity index (χ3v) is 4.25. The summed E-state index contributed by atoms with van der Waals surface area (Å²) in [5, 5.41) is 8.65. The summed E-state index contributed by atoms with van der Waals surface area (Å²) in [5.41, 5.74) is 6.05. The summed E-state index contributed by atoms with van der Waals surface area (Å²) >= 11 is 0. The van der Waals surface area contributed by atoms with E-state index in [1.165, 1.54) is 11.3 Å². The molecule has 22 heavy (non-hydrogen) atoms. The predicted octanol–water partition coefficient (Wildman–Crippen LogP) is 3.10. The second kappa shape index (κ2) is 5.46. The van der Waals surface area contributed by atoms with Crippen LogP contribution in [0, 0.1) is 0 Å². The zero-order valence-electron chi connectivity index (χ0n) is 12.8. The van der Waals surface area contributed by atoms with E-state index >= 15 is 0 Å². The lowest BCUT2D eigenvalue weighted by molar-refractivity contribution is 0.0706. The van der Waals surface area contributed by atoms with Crippen molar-refractivity contribution in [2.45, 2.75) is 25.8 Å². The van der Waals surface area contributed by atoms with Gasteiger partial charge in [-0.3, -0.25) is 10.0 Å². The van der Waals surface area contributed by atoms with E-state index in [0.29, 0.717) is 5.56 Å². The number of rotatable bonds is 3. The number of hydroxylamine groups is 1. The summed E-state index contributed by atoms with van der Waals surface area (Å²) in [6.45, 7) is 6.31. The number of carbonyl (C=O) groups is 1. The molecule has 0 radical (unpaired) electrons. The van der Waals surface area contributed by atoms with Crippen LogP contribution in [0.5, 0.6) is 0 Å². The van der Waals surface area contributed by atoms with Gasteiger partial charge in [0.1, 0.15) is 0 Å². The molecule has 2 aromatic carbocycles. The molecule has 0 atom stereocenters. The van der Waals surface area contributed by atoms with Crippen molar-refractivity contribution in [3.63, 3.8) is 0 Å². The highest BCUT2D eigenvalue weighted by atomic mass is 16.5. The fourth-order valence-corrected chi connectivity index (χ4v) is 3.16. The van der Waals surface area contributed by atoms with Crippen LogP contribution < -0.4 is 10.4 Å². The van der Waals surface area contributed by atoms with Gasteiger partial charge >= 0.3 is 0 Å². The Bertz CT molecular complexity index is 692. The highest BCUT2D eigenvalue weighted by Crippen LogP contribution is 2.40. The Hall–Kier alpha value is -2.33. The lowest BCUT2D eigenvalue weighted by Gasteiger charge is -2.22. The van der Waals surface area contributed by atoms with Gasteiger partial charge in [0.25, 0.3) is 5.91 Å². The molecule has 4 heteroatoms. The molecule has 0 fully saturated rings. The summed E-state index contributed by atoms with van der Waals surface area (Å²) in [5.74, 6) is -0.487. The molecule has 0 saturated heterocycles. The first-order valence-corrected chi connectivity index (χ1v) is 7.39. The summed E-state index contributed by atoms with van der Waals surface area (Å²) in [4.78, 5) is 13.7. The van der Waals surface area contributed by atoms with Gasteiger partial charge in [0.05, 0.1) is 0 Å². The number of hydrogen-bond donors (Lipinski definition) is 2. The lowest BCUT2D eigenvalue weighted by Crippen LogP contribution is -2.28. The number of nitrogens with zero attached hydrogens (tertiary/aromatic N) is 1. The third kappa shape index (κ3) is 2.57. The van der Waals surface area contributed by atoms with Crippen LogP contribution in [-0.4, -0.2) is 17.7 Å². The third-order valence-electron chi connectivity index (χ3n) is 4.25. The smallest absolute Gasteiger partial charge is 0.274 e. The molecular weight excluding hydrogens is 276 g/mol. The second-order valence-corrected chi connectivity index (χ2v) is 6.39. The number of para-hydroxylation sites is 1. The number of nitrogens with one attached hydrogen (secondary N) is 1. The molecule has 0 aliphatic carbocycles. The first-order valence-electron chi connectivity index (χ1n) is 7.39. The van der Waals surface area contributed by atoms with Gasteiger partial charge in [0.2, 0.25) is 0 Å². The van der Waals surface area contributed by atoms with E-state index in [1.807, 2.05) is 12.1 Å². The van der Waals surface area contributed by atoms with E-state index < -0.39 is 5.91 Å². The average molecular weight is 296 g/mol. The zero-order valence-corrected chi connectivity index (χ0v) is 12.8. The fraction of sp³-hybridized carbons (Fsp3) is 0.278. The Morgan fingerprint density at radius 1 is 1.18 bits per heavy atom. The SMILES string of the molecule is CC1(C)CN(Cc2ccc(C(=O)NO)cc2)c2ccccc21. The van der Waals surface area contributed by atoms with Gasteiger partial charge in [-0.25, -0.2) is 5.48 Å². The Labute approximate surface area is 130 Å². The van der Waals surface area contributed by atoms with Gasteiger partial charge in [-0.05, 0) is 29.3 Å². The van der Waals surface area contributed by atoms with Gasteiger partial charge in [-0.1, -0.05) is 44.2 Å². The maximum Gasteiger partial charge on any atom is 0.274 e. The minimum atomic E-state index is -0.487. The Balaban J connectivity index is 1.81. The molecule has 3 rings (SSSR count). The number of hydrogen-bond acceptors (Lipinski definition) is 3. The fourth-order valence-electron chi connectivity index (χ4n) is 3.16. The number of benzene rings is 2. The van der Waals surface area contributed by atoms with E-state index in [9.17, 15) is 4.79 Å². The molecule has 4 nitrogen and oxygen atoms in total. The Morgan fingerprint density at radius 3 is 2.55 bits per heavy atom. The number of fused-ring (bicyclic) bond motifs is 1. The van der Waals surface area contributed by atoms with E-state index in [1.54, 1.807) is 17.6 Å². The highest BCUT2D eigenvalue weighted by molar-refractivity contribution is 5.93. The zero-order chi connectivity index (χ0) is 15.7. The van der Waals surface area contributed by atoms with Crippen molar-refractivity contribution in [3.05, 3.63) is 65.2 Å². The van der Waals surface area contributed by atoms with Crippen molar-refractivity contribution in [1.29, 1.82) is 0 Å². The Morgan fingerprint density at radius 2 is 1.86 bits per heavy atom. The minimum absolute atomic E-state index is 0.146. The number of carbonyl (C=O) groups excluding carboxylic acids is 1. The molecule has 0 spiro atoms. The van der Waals surface area contributed by atoms with Crippen molar-refractivity contribution < 1.29 is 10.0 Å². The summed E-state index contributed by atoms with van der Waals surface area (Å²) < 4.78 is 0. The minimum Gasteiger partial charge on any atom is -0.366 e. The first kappa shape index (κ1) is 14.6. The molecule has 1 aliphatic heterocycles. The van der Waals surface area contributed by atoms with Crippen molar-refractivity contribution in [2.75, 3.05) is 11.4 Å². The molecule has 1 aliphatic rings. The molecule has 2 aromatic rings. The molecule has 114 valence electrons. The first-order chi connectivity index (χ1) is 10.5. The van der Waals surface area contributed by atoms with Gasteiger partial charge < -0.3 is 4.90 Å². The maximum absolute atomic E-state index is 11.3. The standard InChI is InChI=1S/C18H20N2O2/c1-18(2)12-20(16-6-4-3-5-15(16)18)11-13-7-9-14(10-8-13)17(21)19-22/h3-10,22H,11-12H2,1-2H3,(H,19,21). The van der Waals surface area contributed by atoms with Crippen LogP contribution in [0.1, 0.15) is 35.3 Å². The van der Waals surface area contributed by atoms with Crippen LogP contribution in [0.3, 0.4) is 0 Å². The number of amides is 1. The monoisotopic (exact) mass is 296 g/mol. The van der Waals surface area contributed by atoms with Gasteiger partial charge in [0, 0.05) is 29.8 Å². The van der Waals surface area contributed by atoms with Crippen molar-refractivity contribution in [3.8, 4) is 0 Å². The lowest BCUT2D eigenvalue weighted by atomic mass is 9.87. The van der Waals surface area contributed by atoms with Crippen LogP contribution in [0.25, 0.3) is 0 Å². The van der Waals surface area contributed by atoms with Crippen LogP contribution in [0.2, 0.25) is 0 Å². The molecule has 1 heterocycles. The van der Waals surface area contributed by atoms with Crippen LogP contribution in [0.4, 0.5) is 5.69 Å².